The maximum atomic E-state index is 13.1. The smallest absolute Gasteiger partial charge is 0.355 e. The second-order valence-corrected chi connectivity index (χ2v) is 8.34. The molecule has 0 unspecified atom stereocenters. The zero-order valence-electron chi connectivity index (χ0n) is 16.5. The van der Waals surface area contributed by atoms with Crippen LogP contribution in [-0.2, 0) is 16.0 Å². The van der Waals surface area contributed by atoms with Gasteiger partial charge >= 0.3 is 5.97 Å². The topological polar surface area (TPSA) is 54.7 Å². The fraction of sp³-hybridized carbons (Fsp3) is 0.522. The number of esters is 1. The number of aromatic nitrogens is 1. The van der Waals surface area contributed by atoms with E-state index in [-0.39, 0.29) is 24.6 Å². The van der Waals surface area contributed by atoms with Gasteiger partial charge in [0.2, 0.25) is 0 Å². The summed E-state index contributed by atoms with van der Waals surface area (Å²) in [5, 5.41) is 10.3. The van der Waals surface area contributed by atoms with Gasteiger partial charge in [-0.2, -0.15) is 0 Å². The Morgan fingerprint density at radius 2 is 2.18 bits per heavy atom. The van der Waals surface area contributed by atoms with Gasteiger partial charge in [-0.3, -0.25) is 4.90 Å². The minimum absolute atomic E-state index is 0.0108. The lowest BCUT2D eigenvalue weighted by Gasteiger charge is -2.53. The molecule has 3 aliphatic rings. The molecule has 1 fully saturated rings. The lowest BCUT2D eigenvalue weighted by Crippen LogP contribution is -2.51. The van der Waals surface area contributed by atoms with Crippen LogP contribution in [0.4, 0.5) is 0 Å². The van der Waals surface area contributed by atoms with Crippen molar-refractivity contribution in [2.24, 2.45) is 5.41 Å². The molecule has 0 amide bonds. The minimum Gasteiger partial charge on any atom is -0.461 e. The normalized spacial score (nSPS) is 26.1. The van der Waals surface area contributed by atoms with E-state index in [1.165, 1.54) is 23.1 Å². The third-order valence-electron chi connectivity index (χ3n) is 6.99. The molecule has 3 aliphatic heterocycles. The van der Waals surface area contributed by atoms with Gasteiger partial charge in [0.15, 0.2) is 0 Å². The van der Waals surface area contributed by atoms with Gasteiger partial charge in [-0.1, -0.05) is 25.1 Å². The number of hydrogen-bond acceptors (Lipinski definition) is 4. The molecule has 2 aromatic rings. The average Bonchev–Trinajstić information content (AvgIpc) is 3.07. The first-order valence-electron chi connectivity index (χ1n) is 10.6. The third kappa shape index (κ3) is 2.42. The molecule has 0 saturated carbocycles. The van der Waals surface area contributed by atoms with Gasteiger partial charge in [-0.05, 0) is 49.9 Å². The Hall–Kier alpha value is -2.11. The summed E-state index contributed by atoms with van der Waals surface area (Å²) in [6.45, 7) is 4.77. The summed E-state index contributed by atoms with van der Waals surface area (Å²) in [5.41, 5.74) is 4.48. The van der Waals surface area contributed by atoms with Crippen molar-refractivity contribution in [2.45, 2.75) is 45.1 Å². The molecule has 4 heterocycles. The zero-order chi connectivity index (χ0) is 19.3. The van der Waals surface area contributed by atoms with E-state index in [1.807, 2.05) is 6.07 Å². The van der Waals surface area contributed by atoms with Crippen LogP contribution in [0.2, 0.25) is 0 Å². The predicted octanol–water partition coefficient (Wildman–Crippen LogP) is 3.51. The molecule has 1 aromatic heterocycles. The van der Waals surface area contributed by atoms with Gasteiger partial charge in [0.1, 0.15) is 5.70 Å². The summed E-state index contributed by atoms with van der Waals surface area (Å²) in [6, 6.07) is 8.79. The predicted molar refractivity (Wildman–Crippen MR) is 109 cm³/mol. The molecule has 5 nitrogen and oxygen atoms in total. The molecule has 5 rings (SSSR count). The summed E-state index contributed by atoms with van der Waals surface area (Å²) in [6.07, 6.45) is 7.02. The second-order valence-electron chi connectivity index (χ2n) is 8.34. The molecule has 148 valence electrons. The molecule has 28 heavy (non-hydrogen) atoms. The number of benzene rings is 1. The number of aliphatic hydroxyl groups excluding tert-OH is 1. The SMILES string of the molecule is CC[C@@]12C=C(C(=O)OCCCO)n3c4c(c5ccccc53)CCN(CCC1)[C@H]42. The standard InChI is InChI=1S/C23H28N2O3/c1-2-23-10-5-11-24-12-9-17-16-7-3-4-8-18(16)25(20(17)21(23)24)19(15-23)22(27)28-14-6-13-26/h3-4,7-8,15,21,26H,2,5-6,9-14H2,1H3/t21-,23+/m1/s1. The second kappa shape index (κ2) is 6.75. The Kier molecular flexibility index (Phi) is 4.33. The van der Waals surface area contributed by atoms with E-state index in [4.69, 9.17) is 9.84 Å². The molecule has 1 aromatic carbocycles. The summed E-state index contributed by atoms with van der Waals surface area (Å²) < 4.78 is 7.73. The van der Waals surface area contributed by atoms with E-state index in [9.17, 15) is 4.79 Å². The number of carbonyl (C=O) groups excluding carboxylic acids is 1. The summed E-state index contributed by atoms with van der Waals surface area (Å²) in [5.74, 6) is -0.272. The first kappa shape index (κ1) is 18.0. The first-order chi connectivity index (χ1) is 13.7. The summed E-state index contributed by atoms with van der Waals surface area (Å²) in [7, 11) is 0. The largest absolute Gasteiger partial charge is 0.461 e. The molecule has 0 radical (unpaired) electrons. The van der Waals surface area contributed by atoms with E-state index in [2.05, 4.69) is 40.7 Å². The third-order valence-corrected chi connectivity index (χ3v) is 6.99. The molecule has 0 aliphatic carbocycles. The number of ether oxygens (including phenoxy) is 1. The van der Waals surface area contributed by atoms with Crippen LogP contribution in [0, 0.1) is 5.41 Å². The fourth-order valence-corrected chi connectivity index (χ4v) is 5.73. The van der Waals surface area contributed by atoms with E-state index in [0.717, 1.165) is 37.9 Å². The highest BCUT2D eigenvalue weighted by molar-refractivity contribution is 6.13. The van der Waals surface area contributed by atoms with Crippen molar-refractivity contribution < 1.29 is 14.6 Å². The van der Waals surface area contributed by atoms with Crippen molar-refractivity contribution in [3.05, 3.63) is 41.6 Å². The Morgan fingerprint density at radius 3 is 3.00 bits per heavy atom. The van der Waals surface area contributed by atoms with Crippen molar-refractivity contribution in [3.8, 4) is 0 Å². The first-order valence-corrected chi connectivity index (χ1v) is 10.6. The quantitative estimate of drug-likeness (QED) is 0.637. The number of carbonyl (C=O) groups is 1. The maximum Gasteiger partial charge on any atom is 0.355 e. The average molecular weight is 380 g/mol. The Labute approximate surface area is 165 Å². The van der Waals surface area contributed by atoms with Gasteiger partial charge in [0, 0.05) is 36.1 Å². The van der Waals surface area contributed by atoms with Crippen molar-refractivity contribution in [1.29, 1.82) is 0 Å². The van der Waals surface area contributed by atoms with E-state index in [1.54, 1.807) is 0 Å². The highest BCUT2D eigenvalue weighted by Gasteiger charge is 2.51. The number of para-hydroxylation sites is 1. The molecule has 5 heteroatoms. The van der Waals surface area contributed by atoms with Gasteiger partial charge in [0.05, 0.1) is 18.2 Å². The van der Waals surface area contributed by atoms with Crippen LogP contribution in [0.15, 0.2) is 30.3 Å². The number of piperidine rings is 1. The summed E-state index contributed by atoms with van der Waals surface area (Å²) in [4.78, 5) is 15.7. The van der Waals surface area contributed by atoms with Gasteiger partial charge in [-0.25, -0.2) is 4.79 Å². The van der Waals surface area contributed by atoms with Crippen LogP contribution >= 0.6 is 0 Å². The van der Waals surface area contributed by atoms with Crippen LogP contribution < -0.4 is 0 Å². The highest BCUT2D eigenvalue weighted by atomic mass is 16.5. The van der Waals surface area contributed by atoms with E-state index < -0.39 is 0 Å². The fourth-order valence-electron chi connectivity index (χ4n) is 5.73. The zero-order valence-corrected chi connectivity index (χ0v) is 16.5. The summed E-state index contributed by atoms with van der Waals surface area (Å²) >= 11 is 0. The van der Waals surface area contributed by atoms with E-state index >= 15 is 0 Å². The minimum atomic E-state index is -0.272. The number of nitrogens with zero attached hydrogens (tertiary/aromatic N) is 2. The van der Waals surface area contributed by atoms with Crippen molar-refractivity contribution in [2.75, 3.05) is 26.3 Å². The van der Waals surface area contributed by atoms with Crippen LogP contribution in [-0.4, -0.2) is 46.8 Å². The van der Waals surface area contributed by atoms with Crippen LogP contribution in [0.3, 0.4) is 0 Å². The molecular weight excluding hydrogens is 352 g/mol. The molecule has 1 N–H and O–H groups in total. The Morgan fingerprint density at radius 1 is 1.32 bits per heavy atom. The highest BCUT2D eigenvalue weighted by Crippen LogP contribution is 2.57. The van der Waals surface area contributed by atoms with Crippen LogP contribution in [0.5, 0.6) is 0 Å². The van der Waals surface area contributed by atoms with Gasteiger partial charge in [-0.15, -0.1) is 0 Å². The number of hydrogen-bond donors (Lipinski definition) is 1. The molecule has 2 atom stereocenters. The number of fused-ring (bicyclic) bond motifs is 3. The van der Waals surface area contributed by atoms with Crippen LogP contribution in [0.1, 0.15) is 49.9 Å². The number of aliphatic hydroxyl groups is 1. The van der Waals surface area contributed by atoms with Gasteiger partial charge < -0.3 is 14.4 Å². The Balaban J connectivity index is 1.73. The van der Waals surface area contributed by atoms with Gasteiger partial charge in [0.25, 0.3) is 0 Å². The van der Waals surface area contributed by atoms with Crippen molar-refractivity contribution in [3.63, 3.8) is 0 Å². The van der Waals surface area contributed by atoms with Crippen molar-refractivity contribution >= 4 is 22.6 Å². The van der Waals surface area contributed by atoms with E-state index in [0.29, 0.717) is 18.2 Å². The Bertz CT molecular complexity index is 960. The number of rotatable bonds is 5. The van der Waals surface area contributed by atoms with Crippen molar-refractivity contribution in [1.82, 2.24) is 9.47 Å². The monoisotopic (exact) mass is 380 g/mol. The molecule has 1 saturated heterocycles. The molecule has 0 bridgehead atoms. The van der Waals surface area contributed by atoms with Crippen LogP contribution in [0.25, 0.3) is 16.6 Å². The lowest BCUT2D eigenvalue weighted by atomic mass is 9.66. The lowest BCUT2D eigenvalue weighted by molar-refractivity contribution is -0.137. The molecule has 0 spiro atoms. The molecular formula is C23H28N2O3. The maximum absolute atomic E-state index is 13.1.